The van der Waals surface area contributed by atoms with E-state index in [1.54, 1.807) is 44.2 Å². The van der Waals surface area contributed by atoms with Gasteiger partial charge in [0.15, 0.2) is 5.54 Å². The van der Waals surface area contributed by atoms with Crippen LogP contribution in [-0.4, -0.2) is 53.0 Å². The first-order valence-electron chi connectivity index (χ1n) is 10.00. The van der Waals surface area contributed by atoms with Gasteiger partial charge in [-0.25, -0.2) is 13.6 Å². The van der Waals surface area contributed by atoms with Gasteiger partial charge in [-0.15, -0.1) is 0 Å². The van der Waals surface area contributed by atoms with E-state index in [1.807, 2.05) is 5.32 Å². The number of carboxylic acid groups (broad SMARTS) is 1. The molecule has 0 aliphatic carbocycles. The Labute approximate surface area is 184 Å². The molecular weight excluding hydrogens is 428 g/mol. The molecule has 0 aliphatic rings. The Bertz CT molecular complexity index is 806. The van der Waals surface area contributed by atoms with Crippen molar-refractivity contribution >= 4 is 23.9 Å². The van der Waals surface area contributed by atoms with Gasteiger partial charge in [0, 0.05) is 0 Å². The molecule has 3 amide bonds. The van der Waals surface area contributed by atoms with E-state index in [0.717, 1.165) is 0 Å². The lowest BCUT2D eigenvalue weighted by molar-refractivity contribution is -0.142. The smallest absolute Gasteiger partial charge is 0.408 e. The number of carbonyl (C=O) groups is 4. The number of amides is 3. The Hall–Kier alpha value is -3.24. The summed E-state index contributed by atoms with van der Waals surface area (Å²) in [5.41, 5.74) is -2.04. The fraction of sp³-hybridized carbons (Fsp3) is 0.524. The van der Waals surface area contributed by atoms with Crippen molar-refractivity contribution in [3.8, 4) is 0 Å². The average molecular weight is 457 g/mol. The quantitative estimate of drug-likeness (QED) is 0.402. The Kier molecular flexibility index (Phi) is 10.0. The summed E-state index contributed by atoms with van der Waals surface area (Å²) in [6.45, 7) is 5.40. The lowest BCUT2D eigenvalue weighted by Crippen LogP contribution is -2.66. The number of aliphatic carboxylic acids is 1. The number of carbonyl (C=O) groups excluding carboxylic acids is 3. The molecule has 32 heavy (non-hydrogen) atoms. The van der Waals surface area contributed by atoms with E-state index in [0.29, 0.717) is 5.56 Å². The lowest BCUT2D eigenvalue weighted by Gasteiger charge is -2.34. The van der Waals surface area contributed by atoms with Gasteiger partial charge in [0.1, 0.15) is 18.7 Å². The monoisotopic (exact) mass is 457 g/mol. The standard InChI is InChI=1S/C21H29F2N3O6/c1-12(2)10-21(18(22)23,26-20(31)32-11-15-8-6-5-7-9-15)19(30)25-13(3)16(27)24-14(4)17(28)29/h5-9,12-14,18H,10-11H2,1-4H3,(H,24,27)(H,25,30)(H,26,31)(H,28,29)/t13-,14-,21?/m0/s1. The number of nitrogens with one attached hydrogen (secondary N) is 3. The molecule has 0 saturated heterocycles. The molecule has 1 aromatic rings. The van der Waals surface area contributed by atoms with Gasteiger partial charge in [-0.3, -0.25) is 14.4 Å². The van der Waals surface area contributed by atoms with Crippen LogP contribution in [0.4, 0.5) is 13.6 Å². The van der Waals surface area contributed by atoms with Gasteiger partial charge in [-0.05, 0) is 31.7 Å². The maximum Gasteiger partial charge on any atom is 0.408 e. The van der Waals surface area contributed by atoms with Crippen molar-refractivity contribution in [3.63, 3.8) is 0 Å². The highest BCUT2D eigenvalue weighted by atomic mass is 19.3. The van der Waals surface area contributed by atoms with E-state index >= 15 is 0 Å². The van der Waals surface area contributed by atoms with Crippen LogP contribution in [0.15, 0.2) is 30.3 Å². The summed E-state index contributed by atoms with van der Waals surface area (Å²) in [6.07, 6.45) is -4.97. The topological polar surface area (TPSA) is 134 Å². The van der Waals surface area contributed by atoms with E-state index < -0.39 is 60.3 Å². The minimum absolute atomic E-state index is 0.193. The fourth-order valence-corrected chi connectivity index (χ4v) is 2.82. The molecule has 1 rings (SSSR count). The number of benzene rings is 1. The lowest BCUT2D eigenvalue weighted by atomic mass is 9.87. The molecule has 0 bridgehead atoms. The summed E-state index contributed by atoms with van der Waals surface area (Å²) in [5, 5.41) is 15.1. The highest BCUT2D eigenvalue weighted by molar-refractivity contribution is 5.95. The van der Waals surface area contributed by atoms with Crippen LogP contribution in [0.2, 0.25) is 0 Å². The van der Waals surface area contributed by atoms with Crippen molar-refractivity contribution in [3.05, 3.63) is 35.9 Å². The molecule has 4 N–H and O–H groups in total. The zero-order valence-electron chi connectivity index (χ0n) is 18.4. The molecule has 0 radical (unpaired) electrons. The van der Waals surface area contributed by atoms with Crippen LogP contribution in [0.5, 0.6) is 0 Å². The van der Waals surface area contributed by atoms with Gasteiger partial charge in [0.2, 0.25) is 5.91 Å². The van der Waals surface area contributed by atoms with Gasteiger partial charge in [0.25, 0.3) is 12.3 Å². The summed E-state index contributed by atoms with van der Waals surface area (Å²) in [5.74, 6) is -3.90. The maximum atomic E-state index is 14.1. The number of halogens is 2. The van der Waals surface area contributed by atoms with Crippen LogP contribution in [-0.2, 0) is 25.7 Å². The highest BCUT2D eigenvalue weighted by Gasteiger charge is 2.50. The van der Waals surface area contributed by atoms with E-state index in [9.17, 15) is 28.0 Å². The number of alkyl carbamates (subject to hydrolysis) is 1. The second-order valence-electron chi connectivity index (χ2n) is 7.82. The summed E-state index contributed by atoms with van der Waals surface area (Å²) in [4.78, 5) is 48.1. The first-order chi connectivity index (χ1) is 14.9. The van der Waals surface area contributed by atoms with Crippen molar-refractivity contribution in [2.75, 3.05) is 0 Å². The fourth-order valence-electron chi connectivity index (χ4n) is 2.82. The molecule has 178 valence electrons. The molecule has 1 aromatic carbocycles. The first-order valence-corrected chi connectivity index (χ1v) is 10.00. The predicted octanol–water partition coefficient (Wildman–Crippen LogP) is 2.06. The van der Waals surface area contributed by atoms with E-state index in [-0.39, 0.29) is 6.61 Å². The third-order valence-corrected chi connectivity index (χ3v) is 4.52. The molecule has 1 unspecified atom stereocenters. The van der Waals surface area contributed by atoms with Crippen LogP contribution in [0.3, 0.4) is 0 Å². The second-order valence-corrected chi connectivity index (χ2v) is 7.82. The van der Waals surface area contributed by atoms with Crippen molar-refractivity contribution in [2.45, 2.75) is 64.8 Å². The van der Waals surface area contributed by atoms with Gasteiger partial charge >= 0.3 is 12.1 Å². The summed E-state index contributed by atoms with van der Waals surface area (Å²) < 4.78 is 33.3. The molecule has 0 saturated carbocycles. The summed E-state index contributed by atoms with van der Waals surface area (Å²) in [7, 11) is 0. The van der Waals surface area contributed by atoms with Gasteiger partial charge in [-0.1, -0.05) is 44.2 Å². The maximum absolute atomic E-state index is 14.1. The molecule has 11 heteroatoms. The van der Waals surface area contributed by atoms with Crippen molar-refractivity contribution in [2.24, 2.45) is 5.92 Å². The SMILES string of the molecule is CC(C)CC(NC(=O)OCc1ccccc1)(C(=O)N[C@@H](C)C(=O)N[C@@H](C)C(=O)O)C(F)F. The number of alkyl halides is 2. The third kappa shape index (κ3) is 7.78. The molecule has 0 spiro atoms. The number of rotatable bonds is 11. The zero-order chi connectivity index (χ0) is 24.5. The minimum atomic E-state index is -3.32. The van der Waals surface area contributed by atoms with Crippen LogP contribution >= 0.6 is 0 Å². The summed E-state index contributed by atoms with van der Waals surface area (Å²) >= 11 is 0. The minimum Gasteiger partial charge on any atom is -0.480 e. The normalized spacial score (nSPS) is 14.8. The molecule has 0 fully saturated rings. The Morgan fingerprint density at radius 2 is 1.59 bits per heavy atom. The number of hydrogen-bond acceptors (Lipinski definition) is 5. The third-order valence-electron chi connectivity index (χ3n) is 4.52. The van der Waals surface area contributed by atoms with Gasteiger partial charge < -0.3 is 25.8 Å². The average Bonchev–Trinajstić information content (AvgIpc) is 2.71. The molecule has 0 aromatic heterocycles. The molecular formula is C21H29F2N3O6. The number of carboxylic acids is 1. The van der Waals surface area contributed by atoms with Crippen LogP contribution < -0.4 is 16.0 Å². The second kappa shape index (κ2) is 12.0. The number of hydrogen-bond donors (Lipinski definition) is 4. The first kappa shape index (κ1) is 26.8. The molecule has 0 aliphatic heterocycles. The van der Waals surface area contributed by atoms with Crippen LogP contribution in [0.1, 0.15) is 39.7 Å². The Morgan fingerprint density at radius 1 is 1.00 bits per heavy atom. The Balaban J connectivity index is 2.97. The predicted molar refractivity (Wildman–Crippen MR) is 111 cm³/mol. The van der Waals surface area contributed by atoms with Gasteiger partial charge in [-0.2, -0.15) is 0 Å². The number of ether oxygens (including phenoxy) is 1. The molecule has 9 nitrogen and oxygen atoms in total. The largest absolute Gasteiger partial charge is 0.480 e. The van der Waals surface area contributed by atoms with Crippen molar-refractivity contribution in [1.82, 2.24) is 16.0 Å². The van der Waals surface area contributed by atoms with Crippen LogP contribution in [0.25, 0.3) is 0 Å². The van der Waals surface area contributed by atoms with E-state index in [2.05, 4.69) is 10.6 Å². The molecule has 0 heterocycles. The zero-order valence-corrected chi connectivity index (χ0v) is 18.4. The summed E-state index contributed by atoms with van der Waals surface area (Å²) in [6, 6.07) is 5.95. The van der Waals surface area contributed by atoms with Gasteiger partial charge in [0.05, 0.1) is 0 Å². The highest BCUT2D eigenvalue weighted by Crippen LogP contribution is 2.26. The van der Waals surface area contributed by atoms with E-state index in [1.165, 1.54) is 13.8 Å². The Morgan fingerprint density at radius 3 is 2.09 bits per heavy atom. The molecule has 3 atom stereocenters. The van der Waals surface area contributed by atoms with Crippen molar-refractivity contribution in [1.29, 1.82) is 0 Å². The van der Waals surface area contributed by atoms with Crippen LogP contribution in [0, 0.1) is 5.92 Å². The van der Waals surface area contributed by atoms with E-state index in [4.69, 9.17) is 9.84 Å². The van der Waals surface area contributed by atoms with Crippen molar-refractivity contribution < 1.29 is 37.8 Å².